The highest BCUT2D eigenvalue weighted by Gasteiger charge is 2.32. The van der Waals surface area contributed by atoms with Crippen LogP contribution in [0.3, 0.4) is 0 Å². The molecule has 2 heterocycles. The molecule has 17 heavy (non-hydrogen) atoms. The zero-order valence-corrected chi connectivity index (χ0v) is 10.9. The molecule has 0 spiro atoms. The largest absolute Gasteiger partial charge is 0.309 e. The highest BCUT2D eigenvalue weighted by molar-refractivity contribution is 5.99. The first-order chi connectivity index (χ1) is 7.73. The third-order valence-corrected chi connectivity index (χ3v) is 3.00. The Labute approximate surface area is 100 Å². The van der Waals surface area contributed by atoms with Gasteiger partial charge in [0.2, 0.25) is 5.91 Å². The zero-order chi connectivity index (χ0) is 13.0. The Morgan fingerprint density at radius 3 is 2.35 bits per heavy atom. The number of aromatic nitrogens is 2. The van der Waals surface area contributed by atoms with Gasteiger partial charge in [0.25, 0.3) is 5.56 Å². The van der Waals surface area contributed by atoms with Gasteiger partial charge < -0.3 is 4.90 Å². The summed E-state index contributed by atoms with van der Waals surface area (Å²) in [7, 11) is 1.62. The lowest BCUT2D eigenvalue weighted by Gasteiger charge is -2.25. The van der Waals surface area contributed by atoms with Crippen LogP contribution in [-0.4, -0.2) is 22.5 Å². The minimum Gasteiger partial charge on any atom is -0.309 e. The first-order valence-corrected chi connectivity index (χ1v) is 5.63. The van der Waals surface area contributed by atoms with Crippen molar-refractivity contribution >= 4 is 11.6 Å². The van der Waals surface area contributed by atoms with E-state index in [9.17, 15) is 9.59 Å². The van der Waals surface area contributed by atoms with Crippen molar-refractivity contribution in [2.24, 2.45) is 0 Å². The van der Waals surface area contributed by atoms with E-state index in [1.54, 1.807) is 18.5 Å². The summed E-state index contributed by atoms with van der Waals surface area (Å²) < 4.78 is 1.64. The molecule has 0 saturated heterocycles. The van der Waals surface area contributed by atoms with Crippen LogP contribution in [-0.2, 0) is 16.8 Å². The van der Waals surface area contributed by atoms with Crippen molar-refractivity contribution in [3.05, 3.63) is 21.9 Å². The Hall–Kier alpha value is -1.65. The van der Waals surface area contributed by atoms with E-state index < -0.39 is 0 Å². The molecular formula is C12H17N3O2. The van der Waals surface area contributed by atoms with Gasteiger partial charge in [-0.25, -0.2) is 4.98 Å². The van der Waals surface area contributed by atoms with Gasteiger partial charge in [0, 0.05) is 12.6 Å². The van der Waals surface area contributed by atoms with Crippen LogP contribution in [0.4, 0.5) is 5.69 Å². The number of anilines is 1. The van der Waals surface area contributed by atoms with Crippen molar-refractivity contribution in [1.82, 2.24) is 9.55 Å². The molecule has 0 N–H and O–H groups in total. The molecule has 0 aromatic carbocycles. The topological polar surface area (TPSA) is 55.2 Å². The monoisotopic (exact) mass is 235 g/mol. The van der Waals surface area contributed by atoms with E-state index in [4.69, 9.17) is 0 Å². The molecule has 0 atom stereocenters. The quantitative estimate of drug-likeness (QED) is 0.669. The number of hydrogen-bond acceptors (Lipinski definition) is 3. The summed E-state index contributed by atoms with van der Waals surface area (Å²) in [5.74, 6) is 0.583. The van der Waals surface area contributed by atoms with E-state index >= 15 is 0 Å². The number of hydrogen-bond donors (Lipinski definition) is 0. The predicted octanol–water partition coefficient (Wildman–Crippen LogP) is 0.826. The lowest BCUT2D eigenvalue weighted by molar-refractivity contribution is -0.117. The van der Waals surface area contributed by atoms with Crippen LogP contribution < -0.4 is 10.5 Å². The van der Waals surface area contributed by atoms with Crippen LogP contribution >= 0.6 is 0 Å². The van der Waals surface area contributed by atoms with Gasteiger partial charge >= 0.3 is 0 Å². The number of aryl methyl sites for hydroxylation is 1. The summed E-state index contributed by atoms with van der Waals surface area (Å²) in [5, 5.41) is 0. The smallest absolute Gasteiger partial charge is 0.278 e. The Bertz CT molecular complexity index is 552. The van der Waals surface area contributed by atoms with Crippen LogP contribution in [0.5, 0.6) is 0 Å². The van der Waals surface area contributed by atoms with Crippen LogP contribution in [0.1, 0.15) is 32.3 Å². The molecular weight excluding hydrogens is 218 g/mol. The number of amides is 1. The summed E-state index contributed by atoms with van der Waals surface area (Å²) in [5.41, 5.74) is 0.555. The van der Waals surface area contributed by atoms with Crippen LogP contribution in [0.2, 0.25) is 0 Å². The molecule has 0 bridgehead atoms. The van der Waals surface area contributed by atoms with Crippen molar-refractivity contribution in [2.45, 2.75) is 39.7 Å². The van der Waals surface area contributed by atoms with E-state index in [2.05, 4.69) is 4.98 Å². The van der Waals surface area contributed by atoms with E-state index in [1.165, 1.54) is 4.90 Å². The fraction of sp³-hybridized carbons (Fsp3) is 0.583. The van der Waals surface area contributed by atoms with Crippen molar-refractivity contribution in [2.75, 3.05) is 11.9 Å². The molecule has 0 unspecified atom stereocenters. The number of carbonyl (C=O) groups excluding carboxylic acids is 1. The molecule has 5 nitrogen and oxygen atoms in total. The normalized spacial score (nSPS) is 15.4. The van der Waals surface area contributed by atoms with Gasteiger partial charge in [-0.15, -0.1) is 0 Å². The molecule has 1 aromatic heterocycles. The number of fused-ring (bicyclic) bond motifs is 1. The minimum absolute atomic E-state index is 0.0735. The summed E-state index contributed by atoms with van der Waals surface area (Å²) in [6.07, 6.45) is 0.229. The number of nitrogens with zero attached hydrogens (tertiary/aromatic N) is 3. The third kappa shape index (κ3) is 1.66. The molecule has 1 aromatic rings. The summed E-state index contributed by atoms with van der Waals surface area (Å²) in [6.45, 7) is 7.65. The maximum atomic E-state index is 12.4. The fourth-order valence-corrected chi connectivity index (χ4v) is 2.31. The van der Waals surface area contributed by atoms with Crippen LogP contribution in [0.15, 0.2) is 4.79 Å². The molecule has 1 aliphatic heterocycles. The summed E-state index contributed by atoms with van der Waals surface area (Å²) in [4.78, 5) is 29.8. The Morgan fingerprint density at radius 2 is 1.82 bits per heavy atom. The second-order valence-corrected chi connectivity index (χ2v) is 5.40. The van der Waals surface area contributed by atoms with Gasteiger partial charge in [-0.1, -0.05) is 0 Å². The molecule has 0 radical (unpaired) electrons. The number of likely N-dealkylation sites (N-methyl/N-ethyl adjacent to an activating group) is 1. The highest BCUT2D eigenvalue weighted by Crippen LogP contribution is 2.24. The Kier molecular flexibility index (Phi) is 2.38. The Balaban J connectivity index is 2.78. The van der Waals surface area contributed by atoms with Crippen LogP contribution in [0.25, 0.3) is 0 Å². The van der Waals surface area contributed by atoms with E-state index in [1.807, 2.05) is 20.8 Å². The van der Waals surface area contributed by atoms with Gasteiger partial charge in [0.1, 0.15) is 11.5 Å². The Morgan fingerprint density at radius 1 is 1.24 bits per heavy atom. The van der Waals surface area contributed by atoms with Crippen molar-refractivity contribution in [1.29, 1.82) is 0 Å². The fourth-order valence-electron chi connectivity index (χ4n) is 2.31. The van der Waals surface area contributed by atoms with Gasteiger partial charge in [-0.2, -0.15) is 0 Å². The molecule has 0 saturated carbocycles. The standard InChI is InChI=1S/C12H17N3O2/c1-7-13-8-6-9(16)14(5)10(8)11(17)15(7)12(2,3)4/h6H2,1-5H3. The summed E-state index contributed by atoms with van der Waals surface area (Å²) >= 11 is 0. The molecule has 1 aliphatic rings. The maximum absolute atomic E-state index is 12.4. The van der Waals surface area contributed by atoms with Gasteiger partial charge in [0.15, 0.2) is 0 Å². The molecule has 1 amide bonds. The number of carbonyl (C=O) groups is 1. The van der Waals surface area contributed by atoms with Gasteiger partial charge in [0.05, 0.1) is 12.1 Å². The van der Waals surface area contributed by atoms with E-state index in [0.717, 1.165) is 0 Å². The first-order valence-electron chi connectivity index (χ1n) is 5.63. The predicted molar refractivity (Wildman–Crippen MR) is 65.3 cm³/mol. The van der Waals surface area contributed by atoms with Crippen LogP contribution in [0, 0.1) is 6.92 Å². The first kappa shape index (κ1) is 11.8. The van der Waals surface area contributed by atoms with Crippen molar-refractivity contribution in [3.8, 4) is 0 Å². The van der Waals surface area contributed by atoms with Crippen molar-refractivity contribution in [3.63, 3.8) is 0 Å². The lowest BCUT2D eigenvalue weighted by atomic mass is 10.1. The molecule has 5 heteroatoms. The zero-order valence-electron chi connectivity index (χ0n) is 10.9. The second-order valence-electron chi connectivity index (χ2n) is 5.40. The number of rotatable bonds is 0. The molecule has 0 fully saturated rings. The lowest BCUT2D eigenvalue weighted by Crippen LogP contribution is -2.39. The SMILES string of the molecule is Cc1nc2c(c(=O)n1C(C)(C)C)N(C)C(=O)C2. The van der Waals surface area contributed by atoms with Gasteiger partial charge in [-0.3, -0.25) is 14.2 Å². The molecule has 92 valence electrons. The third-order valence-electron chi connectivity index (χ3n) is 3.00. The van der Waals surface area contributed by atoms with Gasteiger partial charge in [-0.05, 0) is 27.7 Å². The average Bonchev–Trinajstić information content (AvgIpc) is 2.39. The molecule has 0 aliphatic carbocycles. The van der Waals surface area contributed by atoms with Crippen molar-refractivity contribution < 1.29 is 4.79 Å². The van der Waals surface area contributed by atoms with E-state index in [0.29, 0.717) is 17.2 Å². The maximum Gasteiger partial charge on any atom is 0.278 e. The molecule has 2 rings (SSSR count). The summed E-state index contributed by atoms with van der Waals surface area (Å²) in [6, 6.07) is 0. The second kappa shape index (κ2) is 3.42. The highest BCUT2D eigenvalue weighted by atomic mass is 16.2. The average molecular weight is 235 g/mol. The van der Waals surface area contributed by atoms with E-state index in [-0.39, 0.29) is 23.4 Å². The minimum atomic E-state index is -0.338.